The molecule has 0 saturated carbocycles. The number of hydrogen-bond acceptors (Lipinski definition) is 8. The number of non-ortho nitro benzene ring substituents is 1. The first-order valence-electron chi connectivity index (χ1n) is 11.4. The van der Waals surface area contributed by atoms with E-state index < -0.39 is 16.9 Å². The highest BCUT2D eigenvalue weighted by molar-refractivity contribution is 7.07. The lowest BCUT2D eigenvalue weighted by Gasteiger charge is -2.25. The second-order valence-corrected chi connectivity index (χ2v) is 9.40. The van der Waals surface area contributed by atoms with Crippen LogP contribution in [-0.4, -0.2) is 28.2 Å². The van der Waals surface area contributed by atoms with Gasteiger partial charge in [-0.05, 0) is 57.0 Å². The number of rotatable bonds is 7. The summed E-state index contributed by atoms with van der Waals surface area (Å²) in [6, 6.07) is 12.5. The number of carbonyl (C=O) groups is 1. The molecule has 9 nitrogen and oxygen atoms in total. The van der Waals surface area contributed by atoms with Crippen molar-refractivity contribution in [3.8, 4) is 5.75 Å². The molecule has 0 aliphatic carbocycles. The first kappa shape index (κ1) is 25.1. The first-order chi connectivity index (χ1) is 17.2. The summed E-state index contributed by atoms with van der Waals surface area (Å²) in [6.45, 7) is 7.63. The molecule has 0 saturated heterocycles. The molecule has 0 N–H and O–H groups in total. The van der Waals surface area contributed by atoms with Gasteiger partial charge in [0.15, 0.2) is 4.80 Å². The maximum atomic E-state index is 13.6. The van der Waals surface area contributed by atoms with Crippen LogP contribution in [0, 0.1) is 10.1 Å². The van der Waals surface area contributed by atoms with E-state index >= 15 is 0 Å². The fraction of sp³-hybridized carbons (Fsp3) is 0.269. The van der Waals surface area contributed by atoms with Crippen LogP contribution in [0.3, 0.4) is 0 Å². The molecule has 2 aromatic carbocycles. The molecule has 1 aliphatic heterocycles. The molecule has 4 rings (SSSR count). The predicted octanol–water partition coefficient (Wildman–Crippen LogP) is 3.49. The van der Waals surface area contributed by atoms with E-state index in [-0.39, 0.29) is 22.9 Å². The van der Waals surface area contributed by atoms with Gasteiger partial charge < -0.3 is 9.47 Å². The Morgan fingerprint density at radius 1 is 1.25 bits per heavy atom. The summed E-state index contributed by atoms with van der Waals surface area (Å²) >= 11 is 1.16. The van der Waals surface area contributed by atoms with E-state index in [0.717, 1.165) is 11.3 Å². The van der Waals surface area contributed by atoms with Crippen LogP contribution >= 0.6 is 11.3 Å². The molecule has 0 radical (unpaired) electrons. The van der Waals surface area contributed by atoms with Crippen LogP contribution < -0.4 is 19.6 Å². The Labute approximate surface area is 210 Å². The van der Waals surface area contributed by atoms with Gasteiger partial charge in [-0.1, -0.05) is 35.6 Å². The van der Waals surface area contributed by atoms with Crippen molar-refractivity contribution in [2.75, 3.05) is 6.61 Å². The Morgan fingerprint density at radius 2 is 1.97 bits per heavy atom. The van der Waals surface area contributed by atoms with Gasteiger partial charge in [0.2, 0.25) is 0 Å². The number of hydrogen-bond donors (Lipinski definition) is 0. The molecule has 10 heteroatoms. The molecule has 2 heterocycles. The van der Waals surface area contributed by atoms with Crippen molar-refractivity contribution in [2.45, 2.75) is 39.8 Å². The number of fused-ring (bicyclic) bond motifs is 1. The summed E-state index contributed by atoms with van der Waals surface area (Å²) < 4.78 is 12.9. The van der Waals surface area contributed by atoms with E-state index in [0.29, 0.717) is 38.5 Å². The van der Waals surface area contributed by atoms with Crippen molar-refractivity contribution in [1.82, 2.24) is 4.57 Å². The molecule has 3 aromatic rings. The minimum atomic E-state index is -0.754. The molecule has 0 spiro atoms. The minimum absolute atomic E-state index is 0.0710. The van der Waals surface area contributed by atoms with Crippen LogP contribution in [-0.2, 0) is 9.53 Å². The van der Waals surface area contributed by atoms with E-state index in [4.69, 9.17) is 9.47 Å². The number of nitro benzene ring substituents is 1. The van der Waals surface area contributed by atoms with Gasteiger partial charge in [-0.2, -0.15) is 0 Å². The van der Waals surface area contributed by atoms with Crippen molar-refractivity contribution >= 4 is 29.1 Å². The zero-order valence-electron chi connectivity index (χ0n) is 20.3. The molecule has 0 bridgehead atoms. The SMILES string of the molecule is CCOc1ccc([C@@H]2C(C(=O)OC(C)C)=C(C)N=c3s/c(=C/c4cccc([N+](=O)[O-])c4)c(=O)n32)cc1. The highest BCUT2D eigenvalue weighted by Crippen LogP contribution is 2.32. The lowest BCUT2D eigenvalue weighted by Crippen LogP contribution is -2.40. The van der Waals surface area contributed by atoms with Crippen LogP contribution in [0.4, 0.5) is 5.69 Å². The van der Waals surface area contributed by atoms with Gasteiger partial charge in [-0.25, -0.2) is 9.79 Å². The number of esters is 1. The third kappa shape index (κ3) is 4.99. The van der Waals surface area contributed by atoms with Crippen molar-refractivity contribution in [1.29, 1.82) is 0 Å². The van der Waals surface area contributed by atoms with Crippen molar-refractivity contribution in [2.24, 2.45) is 4.99 Å². The second kappa shape index (κ2) is 10.3. The number of nitro groups is 1. The van der Waals surface area contributed by atoms with Crippen molar-refractivity contribution in [3.63, 3.8) is 0 Å². The van der Waals surface area contributed by atoms with Gasteiger partial charge in [0, 0.05) is 12.1 Å². The number of carbonyl (C=O) groups excluding carboxylic acids is 1. The monoisotopic (exact) mass is 507 g/mol. The predicted molar refractivity (Wildman–Crippen MR) is 136 cm³/mol. The number of allylic oxidation sites excluding steroid dienone is 1. The number of ether oxygens (including phenoxy) is 2. The van der Waals surface area contributed by atoms with Crippen LogP contribution in [0.1, 0.15) is 44.9 Å². The number of nitrogens with zero attached hydrogens (tertiary/aromatic N) is 3. The van der Waals surface area contributed by atoms with E-state index in [9.17, 15) is 19.7 Å². The summed E-state index contributed by atoms with van der Waals surface area (Å²) in [5.74, 6) is 0.129. The van der Waals surface area contributed by atoms with Crippen molar-refractivity contribution < 1.29 is 19.2 Å². The normalized spacial score (nSPS) is 15.5. The maximum absolute atomic E-state index is 13.6. The highest BCUT2D eigenvalue weighted by atomic mass is 32.1. The topological polar surface area (TPSA) is 113 Å². The molecule has 0 unspecified atom stereocenters. The minimum Gasteiger partial charge on any atom is -0.494 e. The van der Waals surface area contributed by atoms with Gasteiger partial charge in [-0.15, -0.1) is 0 Å². The summed E-state index contributed by atoms with van der Waals surface area (Å²) in [6.07, 6.45) is 1.24. The van der Waals surface area contributed by atoms with E-state index in [1.807, 2.05) is 19.1 Å². The number of aromatic nitrogens is 1. The number of benzene rings is 2. The van der Waals surface area contributed by atoms with Gasteiger partial charge >= 0.3 is 5.97 Å². The summed E-state index contributed by atoms with van der Waals surface area (Å²) in [5.41, 5.74) is 1.53. The smallest absolute Gasteiger partial charge is 0.338 e. The summed E-state index contributed by atoms with van der Waals surface area (Å²) in [5, 5.41) is 11.2. The molecule has 1 aromatic heterocycles. The van der Waals surface area contributed by atoms with Gasteiger partial charge in [0.25, 0.3) is 11.2 Å². The molecule has 0 fully saturated rings. The third-order valence-corrected chi connectivity index (χ3v) is 6.45. The van der Waals surface area contributed by atoms with Crippen LogP contribution in [0.5, 0.6) is 5.75 Å². The Kier molecular flexibility index (Phi) is 7.16. The molecule has 0 amide bonds. The standard InChI is InChI=1S/C26H25N3O6S/c1-5-34-20-11-9-18(10-12-20)23-22(25(31)35-15(2)3)16(4)27-26-28(23)24(30)21(36-26)14-17-7-6-8-19(13-17)29(32)33/h6-15,23H,5H2,1-4H3/b21-14+/t23-/m1/s1. The van der Waals surface area contributed by atoms with Gasteiger partial charge in [0.1, 0.15) is 5.75 Å². The average molecular weight is 508 g/mol. The molecule has 186 valence electrons. The number of thiazole rings is 1. The zero-order chi connectivity index (χ0) is 26.0. The van der Waals surface area contributed by atoms with Crippen molar-refractivity contribution in [3.05, 3.63) is 101 Å². The molecular weight excluding hydrogens is 482 g/mol. The largest absolute Gasteiger partial charge is 0.494 e. The quantitative estimate of drug-likeness (QED) is 0.275. The third-order valence-electron chi connectivity index (χ3n) is 5.47. The first-order valence-corrected chi connectivity index (χ1v) is 12.2. The second-order valence-electron chi connectivity index (χ2n) is 8.39. The van der Waals surface area contributed by atoms with E-state index in [1.165, 1.54) is 16.7 Å². The summed E-state index contributed by atoms with van der Waals surface area (Å²) in [7, 11) is 0. The molecular formula is C26H25N3O6S. The van der Waals surface area contributed by atoms with E-state index in [2.05, 4.69) is 4.99 Å². The maximum Gasteiger partial charge on any atom is 0.338 e. The lowest BCUT2D eigenvalue weighted by molar-refractivity contribution is -0.384. The van der Waals surface area contributed by atoms with Crippen LogP contribution in [0.15, 0.2) is 69.6 Å². The lowest BCUT2D eigenvalue weighted by atomic mass is 9.96. The molecule has 36 heavy (non-hydrogen) atoms. The summed E-state index contributed by atoms with van der Waals surface area (Å²) in [4.78, 5) is 42.4. The van der Waals surface area contributed by atoms with Crippen LogP contribution in [0.25, 0.3) is 6.08 Å². The Morgan fingerprint density at radius 3 is 2.61 bits per heavy atom. The van der Waals surface area contributed by atoms with Gasteiger partial charge in [0.05, 0.1) is 39.5 Å². The fourth-order valence-corrected chi connectivity index (χ4v) is 5.01. The average Bonchev–Trinajstić information content (AvgIpc) is 3.13. The molecule has 1 aliphatic rings. The molecule has 1 atom stereocenters. The van der Waals surface area contributed by atoms with Gasteiger partial charge in [-0.3, -0.25) is 19.5 Å². The Bertz CT molecular complexity index is 1530. The highest BCUT2D eigenvalue weighted by Gasteiger charge is 2.33. The van der Waals surface area contributed by atoms with E-state index in [1.54, 1.807) is 51.1 Å². The fourth-order valence-electron chi connectivity index (χ4n) is 3.97. The van der Waals surface area contributed by atoms with Crippen LogP contribution in [0.2, 0.25) is 0 Å². The zero-order valence-corrected chi connectivity index (χ0v) is 21.1. The Hall–Kier alpha value is -4.05. The Balaban J connectivity index is 1.90.